The molecule has 1 unspecified atom stereocenters. The Bertz CT molecular complexity index is 697. The molecular weight excluding hydrogens is 256 g/mol. The van der Waals surface area contributed by atoms with Gasteiger partial charge in [-0.3, -0.25) is 14.9 Å². The van der Waals surface area contributed by atoms with E-state index in [0.29, 0.717) is 12.0 Å². The minimum absolute atomic E-state index is 0.0227. The van der Waals surface area contributed by atoms with Gasteiger partial charge < -0.3 is 5.32 Å². The Kier molecular flexibility index (Phi) is 2.95. The minimum atomic E-state index is -0.464. The number of nitrogens with zero attached hydrogens (tertiary/aromatic N) is 1. The van der Waals surface area contributed by atoms with Gasteiger partial charge in [0, 0.05) is 6.07 Å². The van der Waals surface area contributed by atoms with Crippen LogP contribution in [0.15, 0.2) is 48.5 Å². The number of hydrogen-bond donors (Lipinski definition) is 1. The first-order chi connectivity index (χ1) is 9.66. The fourth-order valence-electron chi connectivity index (χ4n) is 2.58. The lowest BCUT2D eigenvalue weighted by molar-refractivity contribution is -0.385. The van der Waals surface area contributed by atoms with Crippen LogP contribution in [-0.2, 0) is 11.2 Å². The van der Waals surface area contributed by atoms with Crippen LogP contribution in [0, 0.1) is 10.1 Å². The third kappa shape index (κ3) is 2.03. The second-order valence-corrected chi connectivity index (χ2v) is 4.69. The number of benzene rings is 2. The standard InChI is InChI=1S/C15H12N2O3/c18-14-9-10-5-1-2-6-11(10)15(16-14)12-7-3-4-8-13(12)17(19)20/h1-8,15H,9H2,(H,16,18). The van der Waals surface area contributed by atoms with E-state index in [1.54, 1.807) is 18.2 Å². The molecule has 20 heavy (non-hydrogen) atoms. The van der Waals surface area contributed by atoms with Crippen LogP contribution in [0.25, 0.3) is 0 Å². The maximum Gasteiger partial charge on any atom is 0.275 e. The molecule has 1 atom stereocenters. The van der Waals surface area contributed by atoms with E-state index in [-0.39, 0.29) is 11.6 Å². The van der Waals surface area contributed by atoms with E-state index in [1.807, 2.05) is 24.3 Å². The Morgan fingerprint density at radius 3 is 2.45 bits per heavy atom. The molecule has 1 N–H and O–H groups in total. The fourth-order valence-corrected chi connectivity index (χ4v) is 2.58. The van der Waals surface area contributed by atoms with Crippen LogP contribution in [0.2, 0.25) is 0 Å². The van der Waals surface area contributed by atoms with Crippen molar-refractivity contribution < 1.29 is 9.72 Å². The van der Waals surface area contributed by atoms with Gasteiger partial charge in [0.15, 0.2) is 0 Å². The van der Waals surface area contributed by atoms with Crippen molar-refractivity contribution in [3.63, 3.8) is 0 Å². The Morgan fingerprint density at radius 1 is 1.05 bits per heavy atom. The molecule has 0 aromatic heterocycles. The minimum Gasteiger partial charge on any atom is -0.345 e. The molecule has 5 heteroatoms. The maximum absolute atomic E-state index is 11.8. The third-order valence-corrected chi connectivity index (χ3v) is 3.47. The summed E-state index contributed by atoms with van der Waals surface area (Å²) in [7, 11) is 0. The van der Waals surface area contributed by atoms with E-state index in [1.165, 1.54) is 6.07 Å². The summed E-state index contributed by atoms with van der Waals surface area (Å²) < 4.78 is 0. The van der Waals surface area contributed by atoms with Gasteiger partial charge in [-0.25, -0.2) is 0 Å². The lowest BCUT2D eigenvalue weighted by Crippen LogP contribution is -2.36. The number of amides is 1. The molecule has 2 aromatic carbocycles. The van der Waals surface area contributed by atoms with E-state index >= 15 is 0 Å². The van der Waals surface area contributed by atoms with Crippen molar-refractivity contribution in [3.8, 4) is 0 Å². The van der Waals surface area contributed by atoms with Gasteiger partial charge in [-0.2, -0.15) is 0 Å². The summed E-state index contributed by atoms with van der Waals surface area (Å²) in [6.45, 7) is 0. The van der Waals surface area contributed by atoms with E-state index in [9.17, 15) is 14.9 Å². The third-order valence-electron chi connectivity index (χ3n) is 3.47. The average Bonchev–Trinajstić information content (AvgIpc) is 2.46. The number of hydrogen-bond acceptors (Lipinski definition) is 3. The number of nitro groups is 1. The highest BCUT2D eigenvalue weighted by Gasteiger charge is 2.29. The smallest absolute Gasteiger partial charge is 0.275 e. The largest absolute Gasteiger partial charge is 0.345 e. The zero-order valence-electron chi connectivity index (χ0n) is 10.6. The molecule has 0 saturated carbocycles. The number of carbonyl (C=O) groups is 1. The number of nitro benzene ring substituents is 1. The quantitative estimate of drug-likeness (QED) is 0.671. The molecule has 3 rings (SSSR count). The summed E-state index contributed by atoms with van der Waals surface area (Å²) >= 11 is 0. The van der Waals surface area contributed by atoms with Gasteiger partial charge in [-0.1, -0.05) is 36.4 Å². The van der Waals surface area contributed by atoms with Crippen LogP contribution >= 0.6 is 0 Å². The molecule has 100 valence electrons. The topological polar surface area (TPSA) is 72.2 Å². The number of carbonyl (C=O) groups excluding carboxylic acids is 1. The van der Waals surface area contributed by atoms with Crippen molar-refractivity contribution in [3.05, 3.63) is 75.3 Å². The van der Waals surface area contributed by atoms with Crippen molar-refractivity contribution in [1.29, 1.82) is 0 Å². The highest BCUT2D eigenvalue weighted by atomic mass is 16.6. The summed E-state index contributed by atoms with van der Waals surface area (Å²) in [5, 5.41) is 14.0. The van der Waals surface area contributed by atoms with Crippen LogP contribution in [0.3, 0.4) is 0 Å². The van der Waals surface area contributed by atoms with Crippen molar-refractivity contribution in [2.45, 2.75) is 12.5 Å². The predicted molar refractivity (Wildman–Crippen MR) is 73.2 cm³/mol. The Balaban J connectivity index is 2.16. The van der Waals surface area contributed by atoms with Crippen molar-refractivity contribution in [2.24, 2.45) is 0 Å². The number of fused-ring (bicyclic) bond motifs is 1. The predicted octanol–water partition coefficient (Wildman–Crippen LogP) is 2.36. The molecule has 0 spiro atoms. The Morgan fingerprint density at radius 2 is 1.70 bits per heavy atom. The van der Waals surface area contributed by atoms with Gasteiger partial charge in [0.2, 0.25) is 5.91 Å². The van der Waals surface area contributed by atoms with E-state index in [4.69, 9.17) is 0 Å². The summed E-state index contributed by atoms with van der Waals surface area (Å²) in [6.07, 6.45) is 0.313. The van der Waals surface area contributed by atoms with E-state index in [2.05, 4.69) is 5.32 Å². The van der Waals surface area contributed by atoms with E-state index in [0.717, 1.165) is 11.1 Å². The highest BCUT2D eigenvalue weighted by molar-refractivity contribution is 5.82. The first-order valence-electron chi connectivity index (χ1n) is 6.27. The molecule has 1 amide bonds. The van der Waals surface area contributed by atoms with Crippen molar-refractivity contribution in [2.75, 3.05) is 0 Å². The fraction of sp³-hybridized carbons (Fsp3) is 0.133. The molecule has 2 aromatic rings. The second-order valence-electron chi connectivity index (χ2n) is 4.69. The molecular formula is C15H12N2O3. The summed E-state index contributed by atoms with van der Waals surface area (Å²) in [4.78, 5) is 22.5. The molecule has 0 aliphatic carbocycles. The van der Waals surface area contributed by atoms with Gasteiger partial charge in [0.1, 0.15) is 0 Å². The van der Waals surface area contributed by atoms with Gasteiger partial charge in [0.05, 0.1) is 22.9 Å². The SMILES string of the molecule is O=C1Cc2ccccc2C(c2ccccc2[N+](=O)[O-])N1. The van der Waals surface area contributed by atoms with Gasteiger partial charge in [-0.15, -0.1) is 0 Å². The van der Waals surface area contributed by atoms with Crippen molar-refractivity contribution in [1.82, 2.24) is 5.32 Å². The zero-order chi connectivity index (χ0) is 14.1. The molecule has 0 bridgehead atoms. The lowest BCUT2D eigenvalue weighted by Gasteiger charge is -2.26. The first kappa shape index (κ1) is 12.3. The summed E-state index contributed by atoms with van der Waals surface area (Å²) in [6, 6.07) is 13.6. The molecule has 5 nitrogen and oxygen atoms in total. The molecule has 0 radical (unpaired) electrons. The Hall–Kier alpha value is -2.69. The molecule has 1 aliphatic rings. The van der Waals surface area contributed by atoms with Crippen LogP contribution < -0.4 is 5.32 Å². The molecule has 0 fully saturated rings. The lowest BCUT2D eigenvalue weighted by atomic mass is 9.89. The molecule has 1 heterocycles. The van der Waals surface area contributed by atoms with Crippen LogP contribution in [0.4, 0.5) is 5.69 Å². The maximum atomic E-state index is 11.8. The van der Waals surface area contributed by atoms with Gasteiger partial charge >= 0.3 is 0 Å². The molecule has 0 saturated heterocycles. The monoisotopic (exact) mass is 268 g/mol. The first-order valence-corrected chi connectivity index (χ1v) is 6.27. The summed E-state index contributed by atoms with van der Waals surface area (Å²) in [5.74, 6) is -0.119. The molecule has 1 aliphatic heterocycles. The van der Waals surface area contributed by atoms with Crippen LogP contribution in [0.1, 0.15) is 22.7 Å². The number of nitrogens with one attached hydrogen (secondary N) is 1. The Labute approximate surface area is 115 Å². The van der Waals surface area contributed by atoms with Crippen molar-refractivity contribution >= 4 is 11.6 Å². The van der Waals surface area contributed by atoms with Crippen LogP contribution in [0.5, 0.6) is 0 Å². The van der Waals surface area contributed by atoms with E-state index < -0.39 is 11.0 Å². The van der Waals surface area contributed by atoms with Crippen LogP contribution in [-0.4, -0.2) is 10.8 Å². The highest BCUT2D eigenvalue weighted by Crippen LogP contribution is 2.33. The van der Waals surface area contributed by atoms with Gasteiger partial charge in [0.25, 0.3) is 5.69 Å². The number of rotatable bonds is 2. The van der Waals surface area contributed by atoms with Gasteiger partial charge in [-0.05, 0) is 17.2 Å². The normalized spacial score (nSPS) is 17.2. The summed E-state index contributed by atoms with van der Waals surface area (Å²) in [5.41, 5.74) is 2.37. The zero-order valence-corrected chi connectivity index (χ0v) is 10.6. The second kappa shape index (κ2) is 4.77. The number of para-hydroxylation sites is 1. The average molecular weight is 268 g/mol.